The first kappa shape index (κ1) is 45.2. The summed E-state index contributed by atoms with van der Waals surface area (Å²) in [5.41, 5.74) is 6.65. The number of nitriles is 1. The van der Waals surface area contributed by atoms with Crippen LogP contribution in [0.25, 0.3) is 0 Å². The quantitative estimate of drug-likeness (QED) is 0.122. The van der Waals surface area contributed by atoms with Crippen molar-refractivity contribution in [3.05, 3.63) is 22.3 Å². The summed E-state index contributed by atoms with van der Waals surface area (Å²) < 4.78 is 19.4. The molecule has 4 rings (SSSR count). The Morgan fingerprint density at radius 1 is 0.848 bits per heavy atom. The molecule has 0 spiro atoms. The van der Waals surface area contributed by atoms with E-state index in [-0.39, 0.29) is 40.4 Å². The molecule has 1 N–H and O–H groups in total. The third-order valence-electron chi connectivity index (χ3n) is 8.54. The Bertz CT molecular complexity index is 956. The average Bonchev–Trinajstić information content (AvgIpc) is 3.00. The number of ether oxygens (including phenoxy) is 2. The molecule has 0 aromatic rings. The normalized spacial score (nSPS) is 19.7. The van der Waals surface area contributed by atoms with Gasteiger partial charge in [-0.1, -0.05) is 50.0 Å². The molecule has 0 amide bonds. The molecule has 7 nitrogen and oxygen atoms in total. The minimum atomic E-state index is -0.146. The predicted octanol–water partition coefficient (Wildman–Crippen LogP) is 8.71. The first-order chi connectivity index (χ1) is 21.2. The fourth-order valence-corrected chi connectivity index (χ4v) is 5.83. The second-order valence-corrected chi connectivity index (χ2v) is 15.5. The summed E-state index contributed by atoms with van der Waals surface area (Å²) in [5.74, 6) is 0.788. The summed E-state index contributed by atoms with van der Waals surface area (Å²) >= 11 is 2.94. The molecule has 2 aliphatic carbocycles. The third kappa shape index (κ3) is 19.2. The van der Waals surface area contributed by atoms with Crippen molar-refractivity contribution in [2.24, 2.45) is 22.7 Å². The molecule has 2 atom stereocenters. The van der Waals surface area contributed by atoms with Gasteiger partial charge in [-0.15, -0.1) is 0 Å². The van der Waals surface area contributed by atoms with Gasteiger partial charge in [-0.25, -0.2) is 4.99 Å². The van der Waals surface area contributed by atoms with Crippen LogP contribution in [-0.4, -0.2) is 61.5 Å². The second-order valence-electron chi connectivity index (χ2n) is 15.5. The van der Waals surface area contributed by atoms with Crippen molar-refractivity contribution in [3.8, 4) is 6.07 Å². The van der Waals surface area contributed by atoms with E-state index in [9.17, 15) is 0 Å². The third-order valence-corrected chi connectivity index (χ3v) is 8.54. The van der Waals surface area contributed by atoms with Crippen LogP contribution < -0.4 is 5.32 Å². The van der Waals surface area contributed by atoms with Crippen LogP contribution in [0.5, 0.6) is 0 Å². The number of aliphatic imine (C=N–C) groups is 1. The van der Waals surface area contributed by atoms with E-state index in [1.165, 1.54) is 77.3 Å². The van der Waals surface area contributed by atoms with E-state index in [1.807, 2.05) is 41.0 Å². The fraction of sp³-hybridized carbons (Fsp3) is 0.838. The van der Waals surface area contributed by atoms with Crippen LogP contribution in [0.1, 0.15) is 133 Å². The van der Waals surface area contributed by atoms with Gasteiger partial charge in [0.05, 0.1) is 36.1 Å². The van der Waals surface area contributed by atoms with E-state index in [0.29, 0.717) is 18.4 Å². The Morgan fingerprint density at radius 3 is 1.87 bits per heavy atom. The molecule has 0 bridgehead atoms. The van der Waals surface area contributed by atoms with Crippen LogP contribution in [0.3, 0.4) is 0 Å². The van der Waals surface area contributed by atoms with E-state index >= 15 is 0 Å². The van der Waals surface area contributed by atoms with E-state index < -0.39 is 0 Å². The van der Waals surface area contributed by atoms with Crippen LogP contribution >= 0.6 is 0 Å². The number of hydrogen-bond donors (Lipinski definition) is 1. The van der Waals surface area contributed by atoms with Crippen LogP contribution in [0, 0.1) is 29.1 Å². The SMILES string of the molecule is C1CCC2=C(C1)CCNC2.CC(C)[C@H](C#N)COC(C)(C)C.CC(C)[C@H](N=CN1CCC2=C(CCCC2)C1)OC(C)(C)C.[Cu].[O]=[Cu]. The van der Waals surface area contributed by atoms with Gasteiger partial charge in [-0.05, 0) is 118 Å². The van der Waals surface area contributed by atoms with Crippen LogP contribution in [-0.2, 0) is 46.3 Å². The average molecular weight is 742 g/mol. The van der Waals surface area contributed by atoms with E-state index in [4.69, 9.17) is 23.6 Å². The van der Waals surface area contributed by atoms with Crippen molar-refractivity contribution in [1.29, 1.82) is 5.26 Å². The number of nitrogens with zero attached hydrogens (tertiary/aromatic N) is 3. The Balaban J connectivity index is 0.000000689. The molecule has 0 aromatic heterocycles. The van der Waals surface area contributed by atoms with Gasteiger partial charge in [0, 0.05) is 42.6 Å². The van der Waals surface area contributed by atoms with Gasteiger partial charge in [-0.3, -0.25) is 0 Å². The Labute approximate surface area is 301 Å². The molecule has 0 aromatic carbocycles. The molecule has 0 saturated heterocycles. The standard InChI is InChI=1S/C18H32N2O.C10H19NO.C9H15N.2Cu.O/c1-14(2)17(21-18(3,4)5)19-13-20-11-10-15-8-6-7-9-16(15)12-20;1-8(2)9(6-11)7-12-10(3,4)5;1-2-4-9-7-10-6-5-8(9)3-1;;;/h13-14,17H,6-12H2,1-5H3;8-9H,7H2,1-5H3;10H,1-7H2;;;/t17-;9-;;;;/m11..../s1. The molecule has 0 fully saturated rings. The Kier molecular flexibility index (Phi) is 23.1. The molecule has 46 heavy (non-hydrogen) atoms. The predicted molar refractivity (Wildman–Crippen MR) is 183 cm³/mol. The molecule has 2 aliphatic heterocycles. The summed E-state index contributed by atoms with van der Waals surface area (Å²) in [6.07, 6.45) is 15.6. The maximum absolute atomic E-state index is 8.76. The summed E-state index contributed by atoms with van der Waals surface area (Å²) in [5, 5.41) is 12.2. The Morgan fingerprint density at radius 2 is 1.39 bits per heavy atom. The Hall–Kier alpha value is -0.841. The van der Waals surface area contributed by atoms with Gasteiger partial charge in [0.15, 0.2) is 6.23 Å². The first-order valence-corrected chi connectivity index (χ1v) is 17.8. The van der Waals surface area contributed by atoms with Gasteiger partial charge < -0.3 is 19.7 Å². The van der Waals surface area contributed by atoms with Crippen LogP contribution in [0.15, 0.2) is 27.3 Å². The molecule has 274 valence electrons. The molecule has 0 saturated carbocycles. The summed E-state index contributed by atoms with van der Waals surface area (Å²) in [6, 6.07) is 2.25. The summed E-state index contributed by atoms with van der Waals surface area (Å²) in [7, 11) is 0. The van der Waals surface area contributed by atoms with Crippen molar-refractivity contribution in [1.82, 2.24) is 10.2 Å². The zero-order valence-corrected chi connectivity index (χ0v) is 32.5. The number of nitrogens with one attached hydrogen (secondary N) is 1. The first-order valence-electron chi connectivity index (χ1n) is 17.4. The molecular weight excluding hydrogens is 676 g/mol. The van der Waals surface area contributed by atoms with Gasteiger partial charge in [0.2, 0.25) is 0 Å². The van der Waals surface area contributed by atoms with Gasteiger partial charge >= 0.3 is 19.8 Å². The summed E-state index contributed by atoms with van der Waals surface area (Å²) in [4.78, 5) is 7.09. The van der Waals surface area contributed by atoms with Crippen molar-refractivity contribution in [2.75, 3.05) is 32.8 Å². The van der Waals surface area contributed by atoms with Crippen molar-refractivity contribution in [3.63, 3.8) is 0 Å². The topological polar surface area (TPSA) is 86.9 Å². The molecule has 0 unspecified atom stereocenters. The number of hydrogen-bond acceptors (Lipinski definition) is 6. The molecule has 2 heterocycles. The second kappa shape index (κ2) is 23.5. The minimum absolute atomic E-state index is 0. The van der Waals surface area contributed by atoms with Gasteiger partial charge in [0.25, 0.3) is 0 Å². The van der Waals surface area contributed by atoms with Crippen LogP contribution in [0.2, 0.25) is 0 Å². The van der Waals surface area contributed by atoms with E-state index in [2.05, 4.69) is 66.8 Å². The van der Waals surface area contributed by atoms with Gasteiger partial charge in [0.1, 0.15) is 0 Å². The van der Waals surface area contributed by atoms with Crippen molar-refractivity contribution in [2.45, 2.75) is 151 Å². The van der Waals surface area contributed by atoms with Gasteiger partial charge in [-0.2, -0.15) is 5.26 Å². The molecule has 1 radical (unpaired) electrons. The van der Waals surface area contributed by atoms with Crippen molar-refractivity contribution < 1.29 is 46.3 Å². The fourth-order valence-electron chi connectivity index (χ4n) is 5.83. The monoisotopic (exact) mass is 740 g/mol. The maximum atomic E-state index is 8.76. The van der Waals surface area contributed by atoms with Crippen molar-refractivity contribution >= 4 is 6.34 Å². The molecule has 9 heteroatoms. The molecule has 4 aliphatic rings. The van der Waals surface area contributed by atoms with E-state index in [0.717, 1.165) is 13.1 Å². The summed E-state index contributed by atoms with van der Waals surface area (Å²) in [6.45, 7) is 25.9. The zero-order valence-electron chi connectivity index (χ0n) is 30.7. The zero-order chi connectivity index (χ0) is 34.0. The van der Waals surface area contributed by atoms with Crippen LogP contribution in [0.4, 0.5) is 0 Å². The molecular formula is C37H66Cu2N4O3. The van der Waals surface area contributed by atoms with E-state index in [1.54, 1.807) is 22.3 Å². The number of rotatable bonds is 7.